The minimum Gasteiger partial charge on any atom is -0.493 e. The zero-order valence-corrected chi connectivity index (χ0v) is 12.0. The second-order valence-electron chi connectivity index (χ2n) is 4.91. The molecule has 0 aromatic heterocycles. The summed E-state index contributed by atoms with van der Waals surface area (Å²) in [6, 6.07) is 3.04. The average molecular weight is 286 g/mol. The number of rotatable bonds is 5. The van der Waals surface area contributed by atoms with Gasteiger partial charge in [0, 0.05) is 0 Å². The van der Waals surface area contributed by atoms with Gasteiger partial charge in [-0.05, 0) is 30.4 Å². The van der Waals surface area contributed by atoms with Gasteiger partial charge in [0.25, 0.3) is 0 Å². The van der Waals surface area contributed by atoms with Crippen LogP contribution in [0.2, 0.25) is 5.02 Å². The summed E-state index contributed by atoms with van der Waals surface area (Å²) in [5.41, 5.74) is 6.83. The molecule has 4 nitrogen and oxygen atoms in total. The molecule has 1 aliphatic carbocycles. The molecule has 1 fully saturated rings. The summed E-state index contributed by atoms with van der Waals surface area (Å²) in [5.74, 6) is 1.29. The largest absolute Gasteiger partial charge is 0.493 e. The van der Waals surface area contributed by atoms with Gasteiger partial charge in [-0.3, -0.25) is 0 Å². The number of nitrogens with two attached hydrogens (primary N) is 1. The Labute approximate surface area is 118 Å². The summed E-state index contributed by atoms with van der Waals surface area (Å²) in [4.78, 5) is 0. The van der Waals surface area contributed by atoms with Gasteiger partial charge >= 0.3 is 0 Å². The molecule has 1 aromatic carbocycles. The van der Waals surface area contributed by atoms with Gasteiger partial charge in [-0.1, -0.05) is 24.1 Å². The Hall–Kier alpha value is -0.970. The Balaban J connectivity index is 2.28. The first-order valence-electron chi connectivity index (χ1n) is 6.44. The number of aliphatic hydroxyl groups is 1. The van der Waals surface area contributed by atoms with Crippen LogP contribution in [-0.2, 0) is 0 Å². The van der Waals surface area contributed by atoms with Crippen molar-refractivity contribution < 1.29 is 14.6 Å². The molecule has 2 atom stereocenters. The summed E-state index contributed by atoms with van der Waals surface area (Å²) in [6.07, 6.45) is 2.65. The molecule has 0 aliphatic heterocycles. The molecule has 0 radical (unpaired) electrons. The van der Waals surface area contributed by atoms with Gasteiger partial charge in [0.2, 0.25) is 0 Å². The van der Waals surface area contributed by atoms with Gasteiger partial charge in [-0.2, -0.15) is 0 Å². The van der Waals surface area contributed by atoms with Crippen LogP contribution in [0, 0.1) is 5.92 Å². The topological polar surface area (TPSA) is 64.7 Å². The quantitative estimate of drug-likeness (QED) is 0.872. The number of hydrogen-bond acceptors (Lipinski definition) is 4. The Morgan fingerprint density at radius 3 is 2.47 bits per heavy atom. The van der Waals surface area contributed by atoms with Crippen molar-refractivity contribution in [2.24, 2.45) is 11.7 Å². The monoisotopic (exact) mass is 285 g/mol. The fraction of sp³-hybridized carbons (Fsp3) is 0.571. The van der Waals surface area contributed by atoms with E-state index < -0.39 is 12.1 Å². The lowest BCUT2D eigenvalue weighted by Crippen LogP contribution is -2.36. The number of benzene rings is 1. The van der Waals surface area contributed by atoms with Crippen molar-refractivity contribution in [1.82, 2.24) is 0 Å². The average Bonchev–Trinajstić information content (AvgIpc) is 2.35. The third-order valence-electron chi connectivity index (χ3n) is 3.87. The fourth-order valence-electron chi connectivity index (χ4n) is 2.42. The van der Waals surface area contributed by atoms with Crippen molar-refractivity contribution in [3.63, 3.8) is 0 Å². The lowest BCUT2D eigenvalue weighted by molar-refractivity contribution is 0.0413. The maximum atomic E-state index is 10.2. The maximum absolute atomic E-state index is 10.2. The van der Waals surface area contributed by atoms with E-state index in [2.05, 4.69) is 0 Å². The van der Waals surface area contributed by atoms with Gasteiger partial charge in [0.05, 0.1) is 31.4 Å². The van der Waals surface area contributed by atoms with E-state index in [9.17, 15) is 5.11 Å². The smallest absolute Gasteiger partial charge is 0.179 e. The molecule has 1 aromatic rings. The first kappa shape index (κ1) is 14.4. The highest BCUT2D eigenvalue weighted by Crippen LogP contribution is 2.42. The maximum Gasteiger partial charge on any atom is 0.179 e. The number of aliphatic hydroxyl groups excluding tert-OH is 1. The van der Waals surface area contributed by atoms with Crippen LogP contribution in [-0.4, -0.2) is 25.4 Å². The van der Waals surface area contributed by atoms with Crippen molar-refractivity contribution in [3.05, 3.63) is 22.7 Å². The van der Waals surface area contributed by atoms with Gasteiger partial charge in [-0.15, -0.1) is 0 Å². The molecular formula is C14H20ClNO3. The molecule has 1 aliphatic rings. The van der Waals surface area contributed by atoms with E-state index in [0.29, 0.717) is 22.1 Å². The molecule has 0 saturated heterocycles. The van der Waals surface area contributed by atoms with Gasteiger partial charge in [0.15, 0.2) is 11.5 Å². The SMILES string of the molecule is COc1ccc([C@H](N)[C@H](O)C2CCC2)c(Cl)c1OC. The predicted octanol–water partition coefficient (Wildman–Crippen LogP) is 2.52. The highest BCUT2D eigenvalue weighted by Gasteiger charge is 2.32. The molecule has 2 rings (SSSR count). The van der Waals surface area contributed by atoms with Crippen LogP contribution in [0.25, 0.3) is 0 Å². The zero-order valence-electron chi connectivity index (χ0n) is 11.2. The zero-order chi connectivity index (χ0) is 14.0. The molecule has 3 N–H and O–H groups in total. The summed E-state index contributed by atoms with van der Waals surface area (Å²) in [6.45, 7) is 0. The van der Waals surface area contributed by atoms with Crippen LogP contribution in [0.3, 0.4) is 0 Å². The molecular weight excluding hydrogens is 266 g/mol. The standard InChI is InChI=1S/C14H20ClNO3/c1-18-10-7-6-9(11(15)14(10)19-2)12(16)13(17)8-4-3-5-8/h6-8,12-13,17H,3-5,16H2,1-2H3/t12-,13+/m0/s1. The minimum absolute atomic E-state index is 0.277. The van der Waals surface area contributed by atoms with E-state index in [-0.39, 0.29) is 5.92 Å². The van der Waals surface area contributed by atoms with Gasteiger partial charge < -0.3 is 20.3 Å². The summed E-state index contributed by atoms with van der Waals surface area (Å²) in [7, 11) is 3.08. The number of methoxy groups -OCH3 is 2. The van der Waals surface area contributed by atoms with E-state index in [0.717, 1.165) is 19.3 Å². The number of halogens is 1. The van der Waals surface area contributed by atoms with Gasteiger partial charge in [-0.25, -0.2) is 0 Å². The van der Waals surface area contributed by atoms with E-state index in [1.54, 1.807) is 19.2 Å². The summed E-state index contributed by atoms with van der Waals surface area (Å²) < 4.78 is 10.4. The highest BCUT2D eigenvalue weighted by molar-refractivity contribution is 6.33. The van der Waals surface area contributed by atoms with Crippen LogP contribution in [0.4, 0.5) is 0 Å². The van der Waals surface area contributed by atoms with Crippen molar-refractivity contribution in [2.75, 3.05) is 14.2 Å². The second-order valence-corrected chi connectivity index (χ2v) is 5.29. The molecule has 0 heterocycles. The van der Waals surface area contributed by atoms with Crippen LogP contribution in [0.1, 0.15) is 30.9 Å². The molecule has 0 amide bonds. The van der Waals surface area contributed by atoms with E-state index >= 15 is 0 Å². The Kier molecular flexibility index (Phi) is 4.55. The molecule has 106 valence electrons. The van der Waals surface area contributed by atoms with Crippen LogP contribution in [0.15, 0.2) is 12.1 Å². The molecule has 0 unspecified atom stereocenters. The Bertz CT molecular complexity index is 449. The first-order chi connectivity index (χ1) is 9.10. The normalized spacial score (nSPS) is 18.6. The van der Waals surface area contributed by atoms with Gasteiger partial charge in [0.1, 0.15) is 0 Å². The molecule has 5 heteroatoms. The summed E-state index contributed by atoms with van der Waals surface area (Å²) >= 11 is 6.30. The lowest BCUT2D eigenvalue weighted by Gasteiger charge is -2.34. The second kappa shape index (κ2) is 5.99. The van der Waals surface area contributed by atoms with Crippen LogP contribution < -0.4 is 15.2 Å². The van der Waals surface area contributed by atoms with Crippen LogP contribution in [0.5, 0.6) is 11.5 Å². The van der Waals surface area contributed by atoms with Crippen molar-refractivity contribution in [2.45, 2.75) is 31.4 Å². The molecule has 1 saturated carbocycles. The van der Waals surface area contributed by atoms with E-state index in [1.165, 1.54) is 7.11 Å². The third kappa shape index (κ3) is 2.66. The van der Waals surface area contributed by atoms with Crippen molar-refractivity contribution in [3.8, 4) is 11.5 Å². The molecule has 19 heavy (non-hydrogen) atoms. The molecule has 0 spiro atoms. The van der Waals surface area contributed by atoms with E-state index in [4.69, 9.17) is 26.8 Å². The summed E-state index contributed by atoms with van der Waals surface area (Å²) in [5, 5.41) is 10.7. The Morgan fingerprint density at radius 2 is 2.00 bits per heavy atom. The van der Waals surface area contributed by atoms with Crippen molar-refractivity contribution >= 4 is 11.6 Å². The number of hydrogen-bond donors (Lipinski definition) is 2. The first-order valence-corrected chi connectivity index (χ1v) is 6.82. The highest BCUT2D eigenvalue weighted by atomic mass is 35.5. The Morgan fingerprint density at radius 1 is 1.32 bits per heavy atom. The van der Waals surface area contributed by atoms with Crippen LogP contribution >= 0.6 is 11.6 Å². The van der Waals surface area contributed by atoms with Crippen molar-refractivity contribution in [1.29, 1.82) is 0 Å². The molecule has 0 bridgehead atoms. The lowest BCUT2D eigenvalue weighted by atomic mass is 9.77. The van der Waals surface area contributed by atoms with E-state index in [1.807, 2.05) is 0 Å². The fourth-order valence-corrected chi connectivity index (χ4v) is 2.78. The third-order valence-corrected chi connectivity index (χ3v) is 4.26. The predicted molar refractivity (Wildman–Crippen MR) is 74.8 cm³/mol. The number of ether oxygens (including phenoxy) is 2. The minimum atomic E-state index is -0.565.